The van der Waals surface area contributed by atoms with Crippen molar-refractivity contribution in [1.82, 2.24) is 29.9 Å². The summed E-state index contributed by atoms with van der Waals surface area (Å²) in [4.78, 5) is 24.5. The van der Waals surface area contributed by atoms with Gasteiger partial charge in [-0.3, -0.25) is 19.4 Å². The zero-order valence-electron chi connectivity index (χ0n) is 14.9. The van der Waals surface area contributed by atoms with Gasteiger partial charge in [-0.25, -0.2) is 0 Å². The third-order valence-electron chi connectivity index (χ3n) is 3.95. The molecule has 4 aromatic rings. The largest absolute Gasteiger partial charge is 0.339 e. The minimum absolute atomic E-state index is 0.171. The Labute approximate surface area is 160 Å². The fraction of sp³-hybridized carbons (Fsp3) is 0.158. The van der Waals surface area contributed by atoms with Gasteiger partial charge in [-0.1, -0.05) is 11.2 Å². The van der Waals surface area contributed by atoms with E-state index in [1.807, 2.05) is 18.3 Å². The molecule has 140 valence electrons. The van der Waals surface area contributed by atoms with E-state index in [0.29, 0.717) is 30.5 Å². The van der Waals surface area contributed by atoms with Gasteiger partial charge in [0.25, 0.3) is 0 Å². The summed E-state index contributed by atoms with van der Waals surface area (Å²) in [6, 6.07) is 9.19. The molecule has 1 amide bonds. The van der Waals surface area contributed by atoms with Crippen LogP contribution in [0.1, 0.15) is 17.9 Å². The van der Waals surface area contributed by atoms with Crippen LogP contribution in [-0.4, -0.2) is 35.8 Å². The number of aryl methyl sites for hydroxylation is 1. The zero-order chi connectivity index (χ0) is 19.2. The standard InChI is InChI=1S/C19H17N7O2/c27-17(3-4-18-23-19(25-28-18)15-5-9-20-10-6-15)22-16-7-11-26(24-16)13-14-2-1-8-21-12-14/h1-2,5-12H,3-4,13H2,(H,22,24,27). The van der Waals surface area contributed by atoms with E-state index in [0.717, 1.165) is 11.1 Å². The molecule has 28 heavy (non-hydrogen) atoms. The number of rotatable bonds is 7. The fourth-order valence-corrected chi connectivity index (χ4v) is 2.60. The normalized spacial score (nSPS) is 10.7. The molecule has 0 bridgehead atoms. The van der Waals surface area contributed by atoms with Crippen molar-refractivity contribution in [3.8, 4) is 11.4 Å². The van der Waals surface area contributed by atoms with Crippen molar-refractivity contribution < 1.29 is 9.32 Å². The fourth-order valence-electron chi connectivity index (χ4n) is 2.60. The summed E-state index contributed by atoms with van der Waals surface area (Å²) in [6.07, 6.45) is 9.19. The van der Waals surface area contributed by atoms with Gasteiger partial charge in [0.2, 0.25) is 17.6 Å². The van der Waals surface area contributed by atoms with Crippen molar-refractivity contribution in [2.24, 2.45) is 0 Å². The van der Waals surface area contributed by atoms with Gasteiger partial charge in [0.15, 0.2) is 5.82 Å². The van der Waals surface area contributed by atoms with E-state index in [4.69, 9.17) is 4.52 Å². The number of carbonyl (C=O) groups is 1. The van der Waals surface area contributed by atoms with E-state index < -0.39 is 0 Å². The van der Waals surface area contributed by atoms with Crippen molar-refractivity contribution in [1.29, 1.82) is 0 Å². The van der Waals surface area contributed by atoms with E-state index in [-0.39, 0.29) is 12.3 Å². The van der Waals surface area contributed by atoms with E-state index in [9.17, 15) is 4.79 Å². The van der Waals surface area contributed by atoms with Crippen LogP contribution in [0, 0.1) is 0 Å². The molecule has 0 radical (unpaired) electrons. The SMILES string of the molecule is O=C(CCc1nc(-c2ccncc2)no1)Nc1ccn(Cc2cccnc2)n1. The van der Waals surface area contributed by atoms with Crippen LogP contribution in [0.3, 0.4) is 0 Å². The number of aromatic nitrogens is 6. The lowest BCUT2D eigenvalue weighted by Crippen LogP contribution is -2.13. The molecule has 1 N–H and O–H groups in total. The highest BCUT2D eigenvalue weighted by Crippen LogP contribution is 2.15. The summed E-state index contributed by atoms with van der Waals surface area (Å²) in [5, 5.41) is 11.0. The van der Waals surface area contributed by atoms with Crippen LogP contribution in [0.15, 0.2) is 65.8 Å². The predicted molar refractivity (Wildman–Crippen MR) is 100 cm³/mol. The van der Waals surface area contributed by atoms with Gasteiger partial charge in [-0.15, -0.1) is 0 Å². The maximum atomic E-state index is 12.2. The van der Waals surface area contributed by atoms with E-state index in [1.165, 1.54) is 0 Å². The van der Waals surface area contributed by atoms with Crippen LogP contribution in [0.5, 0.6) is 0 Å². The molecule has 0 aromatic carbocycles. The summed E-state index contributed by atoms with van der Waals surface area (Å²) in [6.45, 7) is 0.587. The lowest BCUT2D eigenvalue weighted by molar-refractivity contribution is -0.116. The molecule has 9 nitrogen and oxygen atoms in total. The second kappa shape index (κ2) is 8.21. The zero-order valence-corrected chi connectivity index (χ0v) is 14.9. The molecule has 0 aliphatic heterocycles. The smallest absolute Gasteiger partial charge is 0.227 e. The monoisotopic (exact) mass is 375 g/mol. The minimum atomic E-state index is -0.171. The molecule has 0 saturated carbocycles. The summed E-state index contributed by atoms with van der Waals surface area (Å²) in [7, 11) is 0. The lowest BCUT2D eigenvalue weighted by Gasteiger charge is -2.02. The Morgan fingerprint density at radius 3 is 2.82 bits per heavy atom. The number of nitrogens with zero attached hydrogens (tertiary/aromatic N) is 6. The van der Waals surface area contributed by atoms with Gasteiger partial charge >= 0.3 is 0 Å². The molecule has 4 rings (SSSR count). The van der Waals surface area contributed by atoms with Gasteiger partial charge in [0.1, 0.15) is 0 Å². The first-order valence-corrected chi connectivity index (χ1v) is 8.71. The highest BCUT2D eigenvalue weighted by molar-refractivity contribution is 5.89. The molecule has 9 heteroatoms. The Kier molecular flexibility index (Phi) is 5.14. The first-order chi connectivity index (χ1) is 13.8. The van der Waals surface area contributed by atoms with Gasteiger partial charge in [-0.05, 0) is 23.8 Å². The summed E-state index contributed by atoms with van der Waals surface area (Å²) in [5.74, 6) is 1.21. The average molecular weight is 375 g/mol. The number of hydrogen-bond acceptors (Lipinski definition) is 7. The van der Waals surface area contributed by atoms with Crippen LogP contribution >= 0.6 is 0 Å². The highest BCUT2D eigenvalue weighted by atomic mass is 16.5. The Morgan fingerprint density at radius 2 is 2.00 bits per heavy atom. The minimum Gasteiger partial charge on any atom is -0.339 e. The van der Waals surface area contributed by atoms with E-state index in [2.05, 4.69) is 30.5 Å². The number of anilines is 1. The topological polar surface area (TPSA) is 112 Å². The third kappa shape index (κ3) is 4.44. The predicted octanol–water partition coefficient (Wildman–Crippen LogP) is 2.34. The van der Waals surface area contributed by atoms with Crippen molar-refractivity contribution >= 4 is 11.7 Å². The van der Waals surface area contributed by atoms with Crippen LogP contribution in [-0.2, 0) is 17.8 Å². The van der Waals surface area contributed by atoms with Crippen LogP contribution in [0.25, 0.3) is 11.4 Å². The van der Waals surface area contributed by atoms with E-state index in [1.54, 1.807) is 47.7 Å². The van der Waals surface area contributed by atoms with Gasteiger partial charge in [0.05, 0.1) is 6.54 Å². The second-order valence-electron chi connectivity index (χ2n) is 6.06. The average Bonchev–Trinajstić information content (AvgIpc) is 3.38. The molecule has 4 aromatic heterocycles. The van der Waals surface area contributed by atoms with Gasteiger partial charge in [0, 0.05) is 55.5 Å². The van der Waals surface area contributed by atoms with E-state index >= 15 is 0 Å². The number of amides is 1. The lowest BCUT2D eigenvalue weighted by atomic mass is 10.2. The van der Waals surface area contributed by atoms with Crippen molar-refractivity contribution in [3.05, 3.63) is 72.8 Å². The quantitative estimate of drug-likeness (QED) is 0.527. The number of nitrogens with one attached hydrogen (secondary N) is 1. The Hall–Kier alpha value is -3.88. The van der Waals surface area contributed by atoms with Crippen molar-refractivity contribution in [2.45, 2.75) is 19.4 Å². The summed E-state index contributed by atoms with van der Waals surface area (Å²) >= 11 is 0. The molecule has 0 aliphatic rings. The Bertz CT molecular complexity index is 1040. The number of carbonyl (C=O) groups excluding carboxylic acids is 1. The number of hydrogen-bond donors (Lipinski definition) is 1. The third-order valence-corrected chi connectivity index (χ3v) is 3.95. The molecular weight excluding hydrogens is 358 g/mol. The van der Waals surface area contributed by atoms with Gasteiger partial charge < -0.3 is 9.84 Å². The molecule has 0 atom stereocenters. The molecule has 0 saturated heterocycles. The van der Waals surface area contributed by atoms with Crippen LogP contribution in [0.2, 0.25) is 0 Å². The molecular formula is C19H17N7O2. The maximum Gasteiger partial charge on any atom is 0.227 e. The summed E-state index contributed by atoms with van der Waals surface area (Å²) < 4.78 is 6.94. The maximum absolute atomic E-state index is 12.2. The van der Waals surface area contributed by atoms with Gasteiger partial charge in [-0.2, -0.15) is 10.1 Å². The first-order valence-electron chi connectivity index (χ1n) is 8.71. The summed E-state index contributed by atoms with van der Waals surface area (Å²) in [5.41, 5.74) is 1.85. The van der Waals surface area contributed by atoms with Crippen molar-refractivity contribution in [3.63, 3.8) is 0 Å². The van der Waals surface area contributed by atoms with Crippen LogP contribution in [0.4, 0.5) is 5.82 Å². The molecule has 0 fully saturated rings. The molecule has 0 aliphatic carbocycles. The molecule has 0 unspecified atom stereocenters. The Morgan fingerprint density at radius 1 is 1.11 bits per heavy atom. The molecule has 0 spiro atoms. The van der Waals surface area contributed by atoms with Crippen molar-refractivity contribution in [2.75, 3.05) is 5.32 Å². The van der Waals surface area contributed by atoms with Crippen LogP contribution < -0.4 is 5.32 Å². The Balaban J connectivity index is 1.29. The number of pyridine rings is 2. The second-order valence-corrected chi connectivity index (χ2v) is 6.06. The highest BCUT2D eigenvalue weighted by Gasteiger charge is 2.11. The molecule has 4 heterocycles. The first kappa shape index (κ1) is 17.5.